The van der Waals surface area contributed by atoms with Gasteiger partial charge in [-0.1, -0.05) is 0 Å². The highest BCUT2D eigenvalue weighted by Gasteiger charge is 2.17. The first kappa shape index (κ1) is 6.01. The Bertz CT molecular complexity index is 76.8. The van der Waals surface area contributed by atoms with Crippen LogP contribution in [-0.2, 0) is 0 Å². The summed E-state index contributed by atoms with van der Waals surface area (Å²) in [5, 5.41) is 14.9. The SMILES string of the molecule is CC1NCC(CO)N1. The second kappa shape index (κ2) is 2.44. The molecule has 0 saturated carbocycles. The van der Waals surface area contributed by atoms with Gasteiger partial charge in [-0.25, -0.2) is 0 Å². The van der Waals surface area contributed by atoms with Gasteiger partial charge in [-0.05, 0) is 6.92 Å². The zero-order valence-corrected chi connectivity index (χ0v) is 5.02. The first-order valence-electron chi connectivity index (χ1n) is 2.93. The molecule has 1 rings (SSSR count). The summed E-state index contributed by atoms with van der Waals surface area (Å²) < 4.78 is 0. The van der Waals surface area contributed by atoms with Gasteiger partial charge in [0.05, 0.1) is 12.8 Å². The number of hydrogen-bond acceptors (Lipinski definition) is 3. The minimum absolute atomic E-state index is 0.233. The van der Waals surface area contributed by atoms with Gasteiger partial charge in [0.15, 0.2) is 0 Å². The van der Waals surface area contributed by atoms with E-state index in [-0.39, 0.29) is 12.6 Å². The van der Waals surface area contributed by atoms with Crippen molar-refractivity contribution in [1.29, 1.82) is 0 Å². The Morgan fingerprint density at radius 1 is 1.75 bits per heavy atom. The average molecular weight is 116 g/mol. The lowest BCUT2D eigenvalue weighted by molar-refractivity contribution is 0.257. The maximum Gasteiger partial charge on any atom is 0.0597 e. The molecule has 1 aliphatic rings. The van der Waals surface area contributed by atoms with Gasteiger partial charge in [0.1, 0.15) is 0 Å². The van der Waals surface area contributed by atoms with E-state index >= 15 is 0 Å². The minimum Gasteiger partial charge on any atom is -0.395 e. The van der Waals surface area contributed by atoms with Gasteiger partial charge in [0.2, 0.25) is 0 Å². The largest absolute Gasteiger partial charge is 0.395 e. The van der Waals surface area contributed by atoms with Crippen molar-refractivity contribution in [1.82, 2.24) is 10.6 Å². The van der Waals surface area contributed by atoms with E-state index < -0.39 is 0 Å². The molecule has 1 saturated heterocycles. The van der Waals surface area contributed by atoms with Crippen LogP contribution in [0.5, 0.6) is 0 Å². The molecule has 0 bridgehead atoms. The molecule has 0 aromatic carbocycles. The highest BCUT2D eigenvalue weighted by Crippen LogP contribution is 1.90. The van der Waals surface area contributed by atoms with Gasteiger partial charge in [-0.15, -0.1) is 0 Å². The van der Waals surface area contributed by atoms with Crippen molar-refractivity contribution in [2.45, 2.75) is 19.1 Å². The van der Waals surface area contributed by atoms with Gasteiger partial charge in [-0.2, -0.15) is 0 Å². The monoisotopic (exact) mass is 116 g/mol. The van der Waals surface area contributed by atoms with Crippen LogP contribution in [0.4, 0.5) is 0 Å². The molecule has 8 heavy (non-hydrogen) atoms. The van der Waals surface area contributed by atoms with Crippen LogP contribution < -0.4 is 10.6 Å². The van der Waals surface area contributed by atoms with E-state index in [2.05, 4.69) is 10.6 Å². The van der Waals surface area contributed by atoms with Crippen molar-refractivity contribution in [2.24, 2.45) is 0 Å². The summed E-state index contributed by atoms with van der Waals surface area (Å²) in [5.41, 5.74) is 0. The summed E-state index contributed by atoms with van der Waals surface area (Å²) in [4.78, 5) is 0. The quantitative estimate of drug-likeness (QED) is 0.407. The second-order valence-electron chi connectivity index (χ2n) is 2.18. The molecular weight excluding hydrogens is 104 g/mol. The fraction of sp³-hybridized carbons (Fsp3) is 1.00. The Morgan fingerprint density at radius 3 is 2.75 bits per heavy atom. The smallest absolute Gasteiger partial charge is 0.0597 e. The summed E-state index contributed by atoms with van der Waals surface area (Å²) in [7, 11) is 0. The van der Waals surface area contributed by atoms with E-state index in [1.54, 1.807) is 0 Å². The van der Waals surface area contributed by atoms with E-state index in [0.717, 1.165) is 6.54 Å². The van der Waals surface area contributed by atoms with Crippen molar-refractivity contribution in [3.8, 4) is 0 Å². The molecule has 0 radical (unpaired) electrons. The fourth-order valence-electron chi connectivity index (χ4n) is 0.908. The summed E-state index contributed by atoms with van der Waals surface area (Å²) in [6, 6.07) is 0.269. The molecule has 0 aromatic rings. The molecule has 1 heterocycles. The molecule has 1 aliphatic heterocycles. The van der Waals surface area contributed by atoms with Crippen LogP contribution in [-0.4, -0.2) is 30.5 Å². The molecule has 0 spiro atoms. The average Bonchev–Trinajstić information content (AvgIpc) is 2.14. The first-order chi connectivity index (χ1) is 3.83. The topological polar surface area (TPSA) is 44.3 Å². The number of aliphatic hydroxyl groups excluding tert-OH is 1. The molecule has 48 valence electrons. The normalized spacial score (nSPS) is 38.2. The van der Waals surface area contributed by atoms with E-state index in [4.69, 9.17) is 5.11 Å². The van der Waals surface area contributed by atoms with Crippen LogP contribution in [0.3, 0.4) is 0 Å². The Labute approximate surface area is 49.1 Å². The van der Waals surface area contributed by atoms with E-state index in [9.17, 15) is 0 Å². The third kappa shape index (κ3) is 1.18. The maximum absolute atomic E-state index is 8.58. The molecule has 3 N–H and O–H groups in total. The molecule has 1 fully saturated rings. The molecule has 0 amide bonds. The van der Waals surface area contributed by atoms with Gasteiger partial charge in [-0.3, -0.25) is 5.32 Å². The molecular formula is C5H12N2O. The zero-order chi connectivity index (χ0) is 5.98. The summed E-state index contributed by atoms with van der Waals surface area (Å²) in [6.07, 6.45) is 0.368. The molecule has 3 heteroatoms. The number of nitrogens with one attached hydrogen (secondary N) is 2. The van der Waals surface area contributed by atoms with Crippen molar-refractivity contribution >= 4 is 0 Å². The number of aliphatic hydroxyl groups is 1. The summed E-state index contributed by atoms with van der Waals surface area (Å²) in [5.74, 6) is 0. The van der Waals surface area contributed by atoms with Crippen LogP contribution in [0, 0.1) is 0 Å². The lowest BCUT2D eigenvalue weighted by atomic mass is 10.3. The fourth-order valence-corrected chi connectivity index (χ4v) is 0.908. The van der Waals surface area contributed by atoms with Crippen LogP contribution >= 0.6 is 0 Å². The predicted octanol–water partition coefficient (Wildman–Crippen LogP) is -1.11. The van der Waals surface area contributed by atoms with E-state index in [0.29, 0.717) is 6.17 Å². The van der Waals surface area contributed by atoms with Gasteiger partial charge in [0.25, 0.3) is 0 Å². The lowest BCUT2D eigenvalue weighted by Crippen LogP contribution is -2.32. The Kier molecular flexibility index (Phi) is 1.83. The third-order valence-electron chi connectivity index (χ3n) is 1.38. The van der Waals surface area contributed by atoms with E-state index in [1.165, 1.54) is 0 Å². The summed E-state index contributed by atoms with van der Waals surface area (Å²) >= 11 is 0. The summed E-state index contributed by atoms with van der Waals surface area (Å²) in [6.45, 7) is 3.16. The van der Waals surface area contributed by atoms with Crippen molar-refractivity contribution in [3.05, 3.63) is 0 Å². The van der Waals surface area contributed by atoms with Crippen molar-refractivity contribution < 1.29 is 5.11 Å². The van der Waals surface area contributed by atoms with E-state index in [1.807, 2.05) is 6.92 Å². The molecule has 3 nitrogen and oxygen atoms in total. The molecule has 2 atom stereocenters. The van der Waals surface area contributed by atoms with Gasteiger partial charge >= 0.3 is 0 Å². The highest BCUT2D eigenvalue weighted by atomic mass is 16.3. The maximum atomic E-state index is 8.58. The standard InChI is InChI=1S/C5H12N2O/c1-4-6-2-5(3-8)7-4/h4-8H,2-3H2,1H3. The molecule has 0 aromatic heterocycles. The van der Waals surface area contributed by atoms with Gasteiger partial charge < -0.3 is 10.4 Å². The molecule has 0 aliphatic carbocycles. The predicted molar refractivity (Wildman–Crippen MR) is 31.5 cm³/mol. The van der Waals surface area contributed by atoms with Crippen LogP contribution in [0.15, 0.2) is 0 Å². The first-order valence-corrected chi connectivity index (χ1v) is 2.93. The van der Waals surface area contributed by atoms with Crippen LogP contribution in [0.25, 0.3) is 0 Å². The number of hydrogen-bond donors (Lipinski definition) is 3. The Balaban J connectivity index is 2.22. The van der Waals surface area contributed by atoms with Crippen LogP contribution in [0.2, 0.25) is 0 Å². The third-order valence-corrected chi connectivity index (χ3v) is 1.38. The second-order valence-corrected chi connectivity index (χ2v) is 2.18. The Hall–Kier alpha value is -0.120. The highest BCUT2D eigenvalue weighted by molar-refractivity contribution is 4.79. The van der Waals surface area contributed by atoms with Crippen molar-refractivity contribution in [2.75, 3.05) is 13.2 Å². The Morgan fingerprint density at radius 2 is 2.50 bits per heavy atom. The van der Waals surface area contributed by atoms with Crippen LogP contribution in [0.1, 0.15) is 6.92 Å². The number of rotatable bonds is 1. The zero-order valence-electron chi connectivity index (χ0n) is 5.02. The van der Waals surface area contributed by atoms with Crippen molar-refractivity contribution in [3.63, 3.8) is 0 Å². The lowest BCUT2D eigenvalue weighted by Gasteiger charge is -2.04. The minimum atomic E-state index is 0.233. The van der Waals surface area contributed by atoms with Gasteiger partial charge in [0, 0.05) is 12.6 Å². The molecule has 2 unspecified atom stereocenters.